The van der Waals surface area contributed by atoms with Gasteiger partial charge in [0.25, 0.3) is 0 Å². The van der Waals surface area contributed by atoms with Crippen molar-refractivity contribution < 1.29 is 9.47 Å². The summed E-state index contributed by atoms with van der Waals surface area (Å²) >= 11 is 0. The molecule has 14 heavy (non-hydrogen) atoms. The van der Waals surface area contributed by atoms with Gasteiger partial charge in [-0.1, -0.05) is 18.2 Å². The van der Waals surface area contributed by atoms with E-state index in [9.17, 15) is 0 Å². The smallest absolute Gasteiger partial charge is 0.122 e. The second-order valence-electron chi connectivity index (χ2n) is 3.13. The lowest BCUT2D eigenvalue weighted by molar-refractivity contribution is 0.180. The van der Waals surface area contributed by atoms with Gasteiger partial charge in [-0.05, 0) is 6.07 Å². The Labute approximate surface area is 84.8 Å². The summed E-state index contributed by atoms with van der Waals surface area (Å²) in [6, 6.07) is 7.89. The lowest BCUT2D eigenvalue weighted by atomic mass is 9.99. The maximum Gasteiger partial charge on any atom is 0.122 e. The molecule has 78 valence electrons. The maximum atomic E-state index is 5.68. The second kappa shape index (κ2) is 5.62. The first-order valence-electron chi connectivity index (χ1n) is 4.65. The van der Waals surface area contributed by atoms with E-state index in [1.165, 1.54) is 0 Å². The molecule has 0 saturated heterocycles. The van der Waals surface area contributed by atoms with E-state index in [1.807, 2.05) is 24.3 Å². The van der Waals surface area contributed by atoms with Gasteiger partial charge in [-0.3, -0.25) is 0 Å². The van der Waals surface area contributed by atoms with Crippen molar-refractivity contribution >= 4 is 0 Å². The van der Waals surface area contributed by atoms with Crippen LogP contribution in [0.3, 0.4) is 0 Å². The number of ether oxygens (including phenoxy) is 2. The summed E-state index contributed by atoms with van der Waals surface area (Å²) in [7, 11) is 3.34. The van der Waals surface area contributed by atoms with Crippen LogP contribution in [0.1, 0.15) is 11.5 Å². The van der Waals surface area contributed by atoms with Gasteiger partial charge >= 0.3 is 0 Å². The number of rotatable bonds is 5. The molecule has 0 aliphatic carbocycles. The summed E-state index contributed by atoms with van der Waals surface area (Å²) < 4.78 is 10.4. The van der Waals surface area contributed by atoms with Crippen molar-refractivity contribution in [2.24, 2.45) is 5.73 Å². The van der Waals surface area contributed by atoms with Gasteiger partial charge < -0.3 is 15.2 Å². The van der Waals surface area contributed by atoms with Crippen molar-refractivity contribution in [3.63, 3.8) is 0 Å². The van der Waals surface area contributed by atoms with Crippen LogP contribution in [0.2, 0.25) is 0 Å². The van der Waals surface area contributed by atoms with Gasteiger partial charge in [0, 0.05) is 25.1 Å². The monoisotopic (exact) mass is 195 g/mol. The fourth-order valence-electron chi connectivity index (χ4n) is 1.49. The van der Waals surface area contributed by atoms with Gasteiger partial charge in [0.2, 0.25) is 0 Å². The minimum Gasteiger partial charge on any atom is -0.496 e. The van der Waals surface area contributed by atoms with Gasteiger partial charge in [-0.2, -0.15) is 0 Å². The summed E-state index contributed by atoms with van der Waals surface area (Å²) in [5.41, 5.74) is 6.79. The minimum atomic E-state index is 0.205. The van der Waals surface area contributed by atoms with Gasteiger partial charge in [-0.25, -0.2) is 0 Å². The van der Waals surface area contributed by atoms with E-state index in [0.717, 1.165) is 11.3 Å². The molecule has 0 aromatic heterocycles. The summed E-state index contributed by atoms with van der Waals surface area (Å²) in [6.07, 6.45) is 0. The zero-order valence-electron chi connectivity index (χ0n) is 8.69. The highest BCUT2D eigenvalue weighted by atomic mass is 16.5. The van der Waals surface area contributed by atoms with E-state index in [-0.39, 0.29) is 5.92 Å². The fraction of sp³-hybridized carbons (Fsp3) is 0.455. The Kier molecular flexibility index (Phi) is 4.43. The molecule has 0 aliphatic rings. The largest absolute Gasteiger partial charge is 0.496 e. The van der Waals surface area contributed by atoms with Crippen LogP contribution < -0.4 is 10.5 Å². The molecular weight excluding hydrogens is 178 g/mol. The van der Waals surface area contributed by atoms with Crippen molar-refractivity contribution in [1.29, 1.82) is 0 Å². The zero-order valence-corrected chi connectivity index (χ0v) is 8.69. The van der Waals surface area contributed by atoms with Crippen LogP contribution in [0.5, 0.6) is 5.75 Å². The second-order valence-corrected chi connectivity index (χ2v) is 3.13. The summed E-state index contributed by atoms with van der Waals surface area (Å²) in [6.45, 7) is 1.19. The maximum absolute atomic E-state index is 5.68. The van der Waals surface area contributed by atoms with Gasteiger partial charge in [0.1, 0.15) is 5.75 Å². The molecule has 0 bridgehead atoms. The van der Waals surface area contributed by atoms with E-state index in [2.05, 4.69) is 0 Å². The zero-order chi connectivity index (χ0) is 10.4. The fourth-order valence-corrected chi connectivity index (χ4v) is 1.49. The highest BCUT2D eigenvalue weighted by Crippen LogP contribution is 2.25. The summed E-state index contributed by atoms with van der Waals surface area (Å²) in [5.74, 6) is 1.08. The van der Waals surface area contributed by atoms with Gasteiger partial charge in [0.05, 0.1) is 13.7 Å². The van der Waals surface area contributed by atoms with Crippen LogP contribution in [0.15, 0.2) is 24.3 Å². The Morgan fingerprint density at radius 1 is 1.29 bits per heavy atom. The summed E-state index contributed by atoms with van der Waals surface area (Å²) in [5, 5.41) is 0. The van der Waals surface area contributed by atoms with Crippen LogP contribution in [0.25, 0.3) is 0 Å². The molecule has 0 aliphatic heterocycles. The number of hydrogen-bond donors (Lipinski definition) is 1. The first-order chi connectivity index (χ1) is 6.83. The normalized spacial score (nSPS) is 12.5. The van der Waals surface area contributed by atoms with E-state index in [4.69, 9.17) is 15.2 Å². The Morgan fingerprint density at radius 3 is 2.57 bits per heavy atom. The Balaban J connectivity index is 2.90. The molecule has 1 aromatic carbocycles. The molecule has 3 heteroatoms. The Morgan fingerprint density at radius 2 is 2.00 bits per heavy atom. The Bertz CT molecular complexity index is 276. The number of methoxy groups -OCH3 is 2. The first kappa shape index (κ1) is 11.0. The van der Waals surface area contributed by atoms with Crippen LogP contribution >= 0.6 is 0 Å². The third-order valence-electron chi connectivity index (χ3n) is 2.23. The van der Waals surface area contributed by atoms with Crippen molar-refractivity contribution in [2.45, 2.75) is 5.92 Å². The standard InChI is InChI=1S/C11H17NO2/c1-13-8-9(7-12)10-5-3-4-6-11(10)14-2/h3-6,9H,7-8,12H2,1-2H3. The predicted molar refractivity (Wildman–Crippen MR) is 56.7 cm³/mol. The molecular formula is C11H17NO2. The number of benzene rings is 1. The van der Waals surface area contributed by atoms with Gasteiger partial charge in [-0.15, -0.1) is 0 Å². The average molecular weight is 195 g/mol. The highest BCUT2D eigenvalue weighted by molar-refractivity contribution is 5.36. The van der Waals surface area contributed by atoms with E-state index < -0.39 is 0 Å². The van der Waals surface area contributed by atoms with Crippen LogP contribution in [-0.2, 0) is 4.74 Å². The van der Waals surface area contributed by atoms with Crippen LogP contribution in [0, 0.1) is 0 Å². The first-order valence-corrected chi connectivity index (χ1v) is 4.65. The topological polar surface area (TPSA) is 44.5 Å². The molecule has 0 radical (unpaired) electrons. The predicted octanol–water partition coefficient (Wildman–Crippen LogP) is 1.38. The molecule has 1 rings (SSSR count). The lowest BCUT2D eigenvalue weighted by Gasteiger charge is -2.16. The summed E-state index contributed by atoms with van der Waals surface area (Å²) in [4.78, 5) is 0. The molecule has 0 spiro atoms. The third-order valence-corrected chi connectivity index (χ3v) is 2.23. The quantitative estimate of drug-likeness (QED) is 0.772. The van der Waals surface area contributed by atoms with Crippen molar-refractivity contribution in [2.75, 3.05) is 27.4 Å². The van der Waals surface area contributed by atoms with E-state index in [0.29, 0.717) is 13.2 Å². The van der Waals surface area contributed by atoms with Crippen molar-refractivity contribution in [3.05, 3.63) is 29.8 Å². The van der Waals surface area contributed by atoms with Gasteiger partial charge in [0.15, 0.2) is 0 Å². The average Bonchev–Trinajstić information content (AvgIpc) is 2.26. The number of hydrogen-bond acceptors (Lipinski definition) is 3. The minimum absolute atomic E-state index is 0.205. The number of nitrogens with two attached hydrogens (primary N) is 1. The molecule has 1 aromatic rings. The SMILES string of the molecule is COCC(CN)c1ccccc1OC. The third kappa shape index (κ3) is 2.47. The molecule has 0 saturated carbocycles. The van der Waals surface area contributed by atoms with Crippen LogP contribution in [0.4, 0.5) is 0 Å². The van der Waals surface area contributed by atoms with E-state index >= 15 is 0 Å². The molecule has 1 atom stereocenters. The number of para-hydroxylation sites is 1. The van der Waals surface area contributed by atoms with E-state index in [1.54, 1.807) is 14.2 Å². The molecule has 0 fully saturated rings. The molecule has 0 amide bonds. The van der Waals surface area contributed by atoms with Crippen LogP contribution in [-0.4, -0.2) is 27.4 Å². The lowest BCUT2D eigenvalue weighted by Crippen LogP contribution is -2.17. The molecule has 0 heterocycles. The van der Waals surface area contributed by atoms with Crippen molar-refractivity contribution in [1.82, 2.24) is 0 Å². The van der Waals surface area contributed by atoms with Crippen molar-refractivity contribution in [3.8, 4) is 5.75 Å². The Hall–Kier alpha value is -1.06. The molecule has 1 unspecified atom stereocenters. The highest BCUT2D eigenvalue weighted by Gasteiger charge is 2.13. The molecule has 3 nitrogen and oxygen atoms in total. The molecule has 2 N–H and O–H groups in total.